The molecule has 8 nitrogen and oxygen atoms in total. The molecule has 3 unspecified atom stereocenters. The number of amides is 1. The van der Waals surface area contributed by atoms with E-state index in [0.29, 0.717) is 17.4 Å². The van der Waals surface area contributed by atoms with Crippen LogP contribution in [0.5, 0.6) is 0 Å². The van der Waals surface area contributed by atoms with Gasteiger partial charge in [0.1, 0.15) is 13.2 Å². The number of phosphoric acid groups is 1. The van der Waals surface area contributed by atoms with Gasteiger partial charge in [-0.05, 0) is 89.9 Å². The Hall–Kier alpha value is -2.58. The summed E-state index contributed by atoms with van der Waals surface area (Å²) in [7, 11) is 1.52. The monoisotopic (exact) mass is 984 g/mol. The van der Waals surface area contributed by atoms with Gasteiger partial charge in [-0.1, -0.05) is 227 Å². The average molecular weight is 985 g/mol. The van der Waals surface area contributed by atoms with Crippen molar-refractivity contribution in [2.75, 3.05) is 40.9 Å². The minimum atomic E-state index is -4.37. The number of carbonyl (C=O) groups is 1. The zero-order valence-corrected chi connectivity index (χ0v) is 46.2. The molecule has 3 atom stereocenters. The van der Waals surface area contributed by atoms with Crippen molar-refractivity contribution in [3.05, 3.63) is 97.2 Å². The summed E-state index contributed by atoms with van der Waals surface area (Å²) >= 11 is 0. The maximum atomic E-state index is 13.0. The van der Waals surface area contributed by atoms with Gasteiger partial charge in [-0.15, -0.1) is 0 Å². The van der Waals surface area contributed by atoms with Crippen LogP contribution in [0.4, 0.5) is 0 Å². The summed E-state index contributed by atoms with van der Waals surface area (Å²) < 4.78 is 23.7. The number of hydrogen-bond donors (Lipinski definition) is 3. The number of quaternary nitrogens is 1. The fourth-order valence-corrected chi connectivity index (χ4v) is 8.37. The molecule has 3 N–H and O–H groups in total. The van der Waals surface area contributed by atoms with Gasteiger partial charge in [0.05, 0.1) is 39.9 Å². The molecule has 398 valence electrons. The molecule has 0 aliphatic rings. The molecule has 0 aromatic rings. The van der Waals surface area contributed by atoms with Crippen LogP contribution < -0.4 is 5.32 Å². The van der Waals surface area contributed by atoms with Crippen LogP contribution in [-0.4, -0.2) is 73.4 Å². The number of carbonyl (C=O) groups excluding carboxylic acids is 1. The lowest BCUT2D eigenvalue weighted by Crippen LogP contribution is -2.45. The number of aliphatic hydroxyl groups excluding tert-OH is 1. The van der Waals surface area contributed by atoms with Crippen molar-refractivity contribution >= 4 is 13.7 Å². The van der Waals surface area contributed by atoms with Gasteiger partial charge in [-0.3, -0.25) is 13.8 Å². The first-order valence-corrected chi connectivity index (χ1v) is 29.6. The molecule has 0 heterocycles. The third kappa shape index (κ3) is 53.1. The van der Waals surface area contributed by atoms with Crippen LogP contribution >= 0.6 is 7.82 Å². The molecule has 69 heavy (non-hydrogen) atoms. The maximum Gasteiger partial charge on any atom is 0.472 e. The second-order valence-electron chi connectivity index (χ2n) is 19.9. The molecule has 0 spiro atoms. The van der Waals surface area contributed by atoms with E-state index in [9.17, 15) is 19.4 Å². The molecule has 0 rings (SSSR count). The summed E-state index contributed by atoms with van der Waals surface area (Å²) in [5.41, 5.74) is 0. The highest BCUT2D eigenvalue weighted by Gasteiger charge is 2.27. The second kappa shape index (κ2) is 50.4. The Kier molecular flexibility index (Phi) is 48.5. The third-order valence-corrected chi connectivity index (χ3v) is 13.0. The fraction of sp³-hybridized carbons (Fsp3) is 0.717. The normalized spacial score (nSPS) is 14.7. The van der Waals surface area contributed by atoms with E-state index in [1.807, 2.05) is 27.2 Å². The summed E-state index contributed by atoms with van der Waals surface area (Å²) in [6.07, 6.45) is 72.3. The lowest BCUT2D eigenvalue weighted by Gasteiger charge is -2.25. The lowest BCUT2D eigenvalue weighted by molar-refractivity contribution is -0.870. The number of phosphoric ester groups is 1. The van der Waals surface area contributed by atoms with Gasteiger partial charge in [0.15, 0.2) is 0 Å². The van der Waals surface area contributed by atoms with E-state index in [0.717, 1.165) is 96.3 Å². The van der Waals surface area contributed by atoms with Gasteiger partial charge >= 0.3 is 7.82 Å². The molecule has 0 radical (unpaired) electrons. The molecule has 9 heteroatoms. The molecular weight excluding hydrogens is 876 g/mol. The standard InChI is InChI=1S/C60H107N2O6P/c1-6-8-10-12-14-16-18-20-22-24-26-28-29-30-31-32-34-35-37-39-41-43-45-47-49-51-53-59(63)58(57-68-69(65,66)67-56-55-62(3,4)5)61-60(64)54-52-50-48-46-44-42-40-38-36-33-27-25-23-21-19-17-15-13-11-9-7-2/h9,11,15,17,21,23,27,33,35,37-38,40,43,45,51,53,58-59,63H,6-8,10,12-14,16,18-20,22,24-26,28-32,34,36,39,41-42,44,46-50,52,54-57H2,1-5H3,(H-,61,64,65,66)/p+1/b11-9-,17-15-,23-21-,33-27-,37-35+,40-38-,45-43+,53-51+. The van der Waals surface area contributed by atoms with E-state index >= 15 is 0 Å². The molecule has 1 amide bonds. The predicted molar refractivity (Wildman–Crippen MR) is 299 cm³/mol. The molecule has 0 saturated carbocycles. The van der Waals surface area contributed by atoms with Crippen molar-refractivity contribution in [3.8, 4) is 0 Å². The van der Waals surface area contributed by atoms with E-state index < -0.39 is 20.0 Å². The van der Waals surface area contributed by atoms with Crippen LogP contribution in [0.25, 0.3) is 0 Å². The highest BCUT2D eigenvalue weighted by atomic mass is 31.2. The average Bonchev–Trinajstić information content (AvgIpc) is 3.31. The summed E-state index contributed by atoms with van der Waals surface area (Å²) in [6.45, 7) is 4.66. The fourth-order valence-electron chi connectivity index (χ4n) is 7.63. The van der Waals surface area contributed by atoms with Crippen molar-refractivity contribution in [2.24, 2.45) is 0 Å². The van der Waals surface area contributed by atoms with Crippen molar-refractivity contribution in [1.82, 2.24) is 5.32 Å². The predicted octanol–water partition coefficient (Wildman–Crippen LogP) is 17.0. The molecule has 0 saturated heterocycles. The van der Waals surface area contributed by atoms with Gasteiger partial charge in [0.2, 0.25) is 5.91 Å². The second-order valence-corrected chi connectivity index (χ2v) is 21.4. The number of aliphatic hydroxyl groups is 1. The number of allylic oxidation sites excluding steroid dienone is 15. The number of unbranched alkanes of at least 4 members (excludes halogenated alkanes) is 23. The van der Waals surface area contributed by atoms with Gasteiger partial charge in [-0.25, -0.2) is 4.57 Å². The number of nitrogens with zero attached hydrogens (tertiary/aromatic N) is 1. The van der Waals surface area contributed by atoms with E-state index in [4.69, 9.17) is 9.05 Å². The number of nitrogens with one attached hydrogen (secondary N) is 1. The Bertz CT molecular complexity index is 1440. The SMILES string of the molecule is CC/C=C\C/C=C\C/C=C\C/C=C\C/C=C\CCCCCCCC(=O)NC(COP(=O)(O)OCC[N+](C)(C)C)C(O)/C=C/CC/C=C/CC/C=C/CCCCCCCCCCCCCCCCCC. The molecule has 0 aromatic heterocycles. The molecule has 0 bridgehead atoms. The van der Waals surface area contributed by atoms with Gasteiger partial charge in [0.25, 0.3) is 0 Å². The largest absolute Gasteiger partial charge is 0.472 e. The van der Waals surface area contributed by atoms with E-state index in [-0.39, 0.29) is 19.1 Å². The van der Waals surface area contributed by atoms with E-state index in [2.05, 4.69) is 104 Å². The first kappa shape index (κ1) is 66.4. The Morgan fingerprint density at radius 3 is 1.33 bits per heavy atom. The number of hydrogen-bond acceptors (Lipinski definition) is 5. The van der Waals surface area contributed by atoms with E-state index in [1.165, 1.54) is 109 Å². The first-order valence-electron chi connectivity index (χ1n) is 28.1. The van der Waals surface area contributed by atoms with Crippen molar-refractivity contribution in [2.45, 2.75) is 238 Å². The van der Waals surface area contributed by atoms with Crippen LogP contribution in [0.15, 0.2) is 97.2 Å². The van der Waals surface area contributed by atoms with Crippen LogP contribution in [0.3, 0.4) is 0 Å². The smallest absolute Gasteiger partial charge is 0.387 e. The topological polar surface area (TPSA) is 105 Å². The van der Waals surface area contributed by atoms with Gasteiger partial charge < -0.3 is 19.8 Å². The highest BCUT2D eigenvalue weighted by Crippen LogP contribution is 2.43. The van der Waals surface area contributed by atoms with Crippen LogP contribution in [0, 0.1) is 0 Å². The van der Waals surface area contributed by atoms with Crippen LogP contribution in [0.2, 0.25) is 0 Å². The Morgan fingerprint density at radius 1 is 0.507 bits per heavy atom. The molecule has 0 fully saturated rings. The lowest BCUT2D eigenvalue weighted by atomic mass is 10.0. The Labute approximate surface area is 426 Å². The van der Waals surface area contributed by atoms with E-state index in [1.54, 1.807) is 6.08 Å². The summed E-state index contributed by atoms with van der Waals surface area (Å²) in [6, 6.07) is -0.888. The number of likely N-dealkylation sites (N-methyl/N-ethyl adjacent to an activating group) is 1. The minimum absolute atomic E-state index is 0.0441. The first-order chi connectivity index (χ1) is 33.5. The molecule has 0 aromatic carbocycles. The summed E-state index contributed by atoms with van der Waals surface area (Å²) in [5.74, 6) is -0.212. The minimum Gasteiger partial charge on any atom is -0.387 e. The summed E-state index contributed by atoms with van der Waals surface area (Å²) in [4.78, 5) is 23.3. The van der Waals surface area contributed by atoms with Gasteiger partial charge in [0, 0.05) is 6.42 Å². The molecule has 0 aliphatic heterocycles. The maximum absolute atomic E-state index is 13.0. The Balaban J connectivity index is 4.37. The van der Waals surface area contributed by atoms with Crippen molar-refractivity contribution in [1.29, 1.82) is 0 Å². The highest BCUT2D eigenvalue weighted by molar-refractivity contribution is 7.47. The van der Waals surface area contributed by atoms with Gasteiger partial charge in [-0.2, -0.15) is 0 Å². The zero-order chi connectivity index (χ0) is 50.6. The van der Waals surface area contributed by atoms with Crippen LogP contribution in [0.1, 0.15) is 226 Å². The van der Waals surface area contributed by atoms with Crippen molar-refractivity contribution in [3.63, 3.8) is 0 Å². The summed E-state index contributed by atoms with van der Waals surface area (Å²) in [5, 5.41) is 13.9. The quantitative estimate of drug-likeness (QED) is 0.0243. The zero-order valence-electron chi connectivity index (χ0n) is 45.3. The Morgan fingerprint density at radius 2 is 0.884 bits per heavy atom. The van der Waals surface area contributed by atoms with Crippen LogP contribution in [-0.2, 0) is 18.4 Å². The number of rotatable bonds is 50. The van der Waals surface area contributed by atoms with Crippen molar-refractivity contribution < 1.29 is 32.9 Å². The molecular formula is C60H108N2O6P+. The molecule has 0 aliphatic carbocycles. The third-order valence-electron chi connectivity index (χ3n) is 12.0.